The standard InChI is InChI=1S/C10H13Br2Cl3/c1-9(2-3-13)5-10(12,6-14)7(11)4-8(9)15/h2-3,7-8H,4-6H2,1H3. The van der Waals surface area contributed by atoms with Gasteiger partial charge in [-0.2, -0.15) is 0 Å². The third-order valence-corrected chi connectivity index (χ3v) is 7.61. The molecule has 0 heterocycles. The van der Waals surface area contributed by atoms with Gasteiger partial charge in [0.1, 0.15) is 0 Å². The Bertz CT molecular complexity index is 259. The Kier molecular flexibility index (Phi) is 5.34. The summed E-state index contributed by atoms with van der Waals surface area (Å²) in [5.74, 6) is 0.554. The summed E-state index contributed by atoms with van der Waals surface area (Å²) in [6.45, 7) is 2.12. The molecule has 4 unspecified atom stereocenters. The molecule has 1 rings (SSSR count). The van der Waals surface area contributed by atoms with Gasteiger partial charge < -0.3 is 0 Å². The van der Waals surface area contributed by atoms with E-state index in [2.05, 4.69) is 38.8 Å². The molecule has 0 saturated heterocycles. The lowest BCUT2D eigenvalue weighted by molar-refractivity contribution is 0.267. The monoisotopic (exact) mass is 396 g/mol. The van der Waals surface area contributed by atoms with Crippen molar-refractivity contribution < 1.29 is 0 Å². The van der Waals surface area contributed by atoms with Gasteiger partial charge in [0.2, 0.25) is 0 Å². The van der Waals surface area contributed by atoms with E-state index in [-0.39, 0.29) is 15.1 Å². The second kappa shape index (κ2) is 5.48. The van der Waals surface area contributed by atoms with Gasteiger partial charge in [-0.25, -0.2) is 0 Å². The fourth-order valence-corrected chi connectivity index (χ4v) is 4.74. The smallest absolute Gasteiger partial charge is 0.0526 e. The summed E-state index contributed by atoms with van der Waals surface area (Å²) in [4.78, 5) is 0.293. The second-order valence-electron chi connectivity index (χ2n) is 4.31. The van der Waals surface area contributed by atoms with Gasteiger partial charge in [0.25, 0.3) is 0 Å². The Morgan fingerprint density at radius 2 is 2.13 bits per heavy atom. The molecular weight excluding hydrogens is 386 g/mol. The van der Waals surface area contributed by atoms with Crippen molar-refractivity contribution in [2.75, 3.05) is 5.88 Å². The topological polar surface area (TPSA) is 0 Å². The Hall–Kier alpha value is 1.57. The highest BCUT2D eigenvalue weighted by Gasteiger charge is 2.49. The van der Waals surface area contributed by atoms with E-state index in [1.807, 2.05) is 6.08 Å². The lowest BCUT2D eigenvalue weighted by Gasteiger charge is -2.47. The van der Waals surface area contributed by atoms with Crippen LogP contribution in [-0.2, 0) is 0 Å². The highest BCUT2D eigenvalue weighted by atomic mass is 79.9. The molecule has 4 atom stereocenters. The quantitative estimate of drug-likeness (QED) is 0.554. The highest BCUT2D eigenvalue weighted by molar-refractivity contribution is 9.12. The third kappa shape index (κ3) is 3.07. The normalized spacial score (nSPS) is 47.3. The molecule has 15 heavy (non-hydrogen) atoms. The first-order valence-electron chi connectivity index (χ1n) is 4.69. The summed E-state index contributed by atoms with van der Waals surface area (Å²) in [5, 5.41) is 0.0748. The van der Waals surface area contributed by atoms with E-state index in [1.54, 1.807) is 5.54 Å². The molecular formula is C10H13Br2Cl3. The number of rotatable bonds is 2. The van der Waals surface area contributed by atoms with Crippen LogP contribution < -0.4 is 0 Å². The first-order valence-corrected chi connectivity index (χ1v) is 7.80. The number of hydrogen-bond acceptors (Lipinski definition) is 0. The van der Waals surface area contributed by atoms with Crippen LogP contribution in [0.5, 0.6) is 0 Å². The molecule has 0 aromatic heterocycles. The average Bonchev–Trinajstić information content (AvgIpc) is 2.15. The molecule has 0 aromatic carbocycles. The first-order chi connectivity index (χ1) is 6.88. The van der Waals surface area contributed by atoms with Crippen molar-refractivity contribution in [1.82, 2.24) is 0 Å². The van der Waals surface area contributed by atoms with Crippen molar-refractivity contribution in [2.24, 2.45) is 5.41 Å². The summed E-state index contributed by atoms with van der Waals surface area (Å²) in [6.07, 6.45) is 3.71. The van der Waals surface area contributed by atoms with Crippen LogP contribution in [0.15, 0.2) is 11.6 Å². The minimum Gasteiger partial charge on any atom is -0.125 e. The molecule has 0 spiro atoms. The molecule has 1 fully saturated rings. The van der Waals surface area contributed by atoms with Crippen LogP contribution in [0.25, 0.3) is 0 Å². The van der Waals surface area contributed by atoms with Crippen LogP contribution >= 0.6 is 66.7 Å². The van der Waals surface area contributed by atoms with Gasteiger partial charge >= 0.3 is 0 Å². The zero-order chi connectivity index (χ0) is 11.7. The van der Waals surface area contributed by atoms with Gasteiger partial charge in [-0.05, 0) is 12.8 Å². The van der Waals surface area contributed by atoms with E-state index in [9.17, 15) is 0 Å². The summed E-state index contributed by atoms with van der Waals surface area (Å²) < 4.78 is -0.106. The third-order valence-electron chi connectivity index (χ3n) is 3.03. The van der Waals surface area contributed by atoms with Crippen molar-refractivity contribution in [3.63, 3.8) is 0 Å². The van der Waals surface area contributed by atoms with Gasteiger partial charge in [0, 0.05) is 27.0 Å². The molecule has 1 saturated carbocycles. The second-order valence-corrected chi connectivity index (χ2v) is 8.04. The Labute approximate surface area is 123 Å². The molecule has 0 aromatic rings. The van der Waals surface area contributed by atoms with Gasteiger partial charge in [0.05, 0.1) is 4.32 Å². The van der Waals surface area contributed by atoms with Crippen LogP contribution in [0.2, 0.25) is 0 Å². The van der Waals surface area contributed by atoms with Gasteiger partial charge in [-0.15, -0.1) is 23.2 Å². The van der Waals surface area contributed by atoms with E-state index in [0.717, 1.165) is 12.8 Å². The van der Waals surface area contributed by atoms with Crippen LogP contribution in [0.3, 0.4) is 0 Å². The Morgan fingerprint density at radius 3 is 2.60 bits per heavy atom. The van der Waals surface area contributed by atoms with Gasteiger partial charge in [0.15, 0.2) is 0 Å². The van der Waals surface area contributed by atoms with Crippen molar-refractivity contribution in [3.8, 4) is 0 Å². The van der Waals surface area contributed by atoms with E-state index in [1.165, 1.54) is 0 Å². The highest BCUT2D eigenvalue weighted by Crippen LogP contribution is 2.52. The molecule has 0 nitrogen and oxygen atoms in total. The van der Waals surface area contributed by atoms with Gasteiger partial charge in [-0.1, -0.05) is 56.5 Å². The van der Waals surface area contributed by atoms with Crippen LogP contribution in [0, 0.1) is 5.41 Å². The van der Waals surface area contributed by atoms with Crippen molar-refractivity contribution >= 4 is 66.7 Å². The van der Waals surface area contributed by atoms with Crippen molar-refractivity contribution in [1.29, 1.82) is 0 Å². The molecule has 0 N–H and O–H groups in total. The van der Waals surface area contributed by atoms with E-state index >= 15 is 0 Å². The average molecular weight is 399 g/mol. The minimum absolute atomic E-state index is 0.0748. The maximum absolute atomic E-state index is 6.38. The molecule has 0 amide bonds. The summed E-state index contributed by atoms with van der Waals surface area (Å²) in [5.41, 5.74) is 1.44. The summed E-state index contributed by atoms with van der Waals surface area (Å²) in [7, 11) is 0. The summed E-state index contributed by atoms with van der Waals surface area (Å²) in [6, 6.07) is 0. The number of hydrogen-bond donors (Lipinski definition) is 0. The Balaban J connectivity index is 2.94. The lowest BCUT2D eigenvalue weighted by atomic mass is 9.71. The van der Waals surface area contributed by atoms with E-state index in [4.69, 9.17) is 34.8 Å². The Morgan fingerprint density at radius 1 is 1.53 bits per heavy atom. The fraction of sp³-hybridized carbons (Fsp3) is 0.800. The molecule has 0 radical (unpaired) electrons. The lowest BCUT2D eigenvalue weighted by Crippen LogP contribution is -2.49. The SMILES string of the molecule is CC1(C=CCl)CC(Br)(CCl)C(Br)CC1Cl. The van der Waals surface area contributed by atoms with Crippen LogP contribution in [-0.4, -0.2) is 20.4 Å². The maximum atomic E-state index is 6.38. The van der Waals surface area contributed by atoms with Crippen molar-refractivity contribution in [3.05, 3.63) is 11.6 Å². The van der Waals surface area contributed by atoms with E-state index in [0.29, 0.717) is 10.7 Å². The molecule has 0 aliphatic heterocycles. The number of halogens is 5. The predicted octanol–water partition coefficient (Wildman–Crippen LogP) is 5.28. The molecule has 0 bridgehead atoms. The largest absolute Gasteiger partial charge is 0.125 e. The zero-order valence-corrected chi connectivity index (χ0v) is 13.8. The molecule has 1 aliphatic carbocycles. The fourth-order valence-electron chi connectivity index (χ4n) is 1.96. The molecule has 88 valence electrons. The molecule has 1 aliphatic rings. The van der Waals surface area contributed by atoms with Crippen LogP contribution in [0.4, 0.5) is 0 Å². The van der Waals surface area contributed by atoms with Crippen molar-refractivity contribution in [2.45, 2.75) is 34.3 Å². The zero-order valence-electron chi connectivity index (χ0n) is 8.32. The number of alkyl halides is 4. The number of allylic oxidation sites excluding steroid dienone is 1. The summed E-state index contributed by atoms with van der Waals surface area (Å²) >= 11 is 25.4. The predicted molar refractivity (Wildman–Crippen MR) is 77.1 cm³/mol. The van der Waals surface area contributed by atoms with Crippen LogP contribution in [0.1, 0.15) is 19.8 Å². The minimum atomic E-state index is -0.106. The van der Waals surface area contributed by atoms with Gasteiger partial charge in [-0.3, -0.25) is 0 Å². The van der Waals surface area contributed by atoms with E-state index < -0.39 is 0 Å². The maximum Gasteiger partial charge on any atom is 0.0526 e. The first kappa shape index (κ1) is 14.6. The molecule has 5 heteroatoms.